The fourth-order valence-electron chi connectivity index (χ4n) is 2.14. The van der Waals surface area contributed by atoms with Gasteiger partial charge < -0.3 is 19.8 Å². The molecule has 154 valence electrons. The molecule has 0 unspecified atom stereocenters. The second-order valence-electron chi connectivity index (χ2n) is 7.02. The first-order valence-corrected chi connectivity index (χ1v) is 8.61. The van der Waals surface area contributed by atoms with Gasteiger partial charge in [-0.3, -0.25) is 4.99 Å². The molecule has 0 saturated carbocycles. The quantitative estimate of drug-likeness (QED) is 0.573. The number of oxazole rings is 1. The number of ether oxygens (including phenoxy) is 1. The highest BCUT2D eigenvalue weighted by Gasteiger charge is 2.29. The number of nitrogens with one attached hydrogen (secondary N) is 2. The molecule has 0 atom stereocenters. The Bertz CT molecular complexity index is 797. The number of nitrogens with zero attached hydrogens (tertiary/aromatic N) is 3. The van der Waals surface area contributed by atoms with E-state index >= 15 is 0 Å². The fraction of sp³-hybridized carbons (Fsp3) is 0.500. The summed E-state index contributed by atoms with van der Waals surface area (Å²) in [5, 5.41) is 6.04. The number of guanidine groups is 1. The van der Waals surface area contributed by atoms with E-state index in [1.807, 2.05) is 20.8 Å². The number of hydrogen-bond acceptors (Lipinski definition) is 5. The van der Waals surface area contributed by atoms with Crippen molar-refractivity contribution in [1.29, 1.82) is 0 Å². The van der Waals surface area contributed by atoms with Gasteiger partial charge in [0.15, 0.2) is 12.6 Å². The summed E-state index contributed by atoms with van der Waals surface area (Å²) in [6.07, 6.45) is -1.37. The predicted octanol–water partition coefficient (Wildman–Crippen LogP) is 3.17. The molecule has 0 spiro atoms. The van der Waals surface area contributed by atoms with Crippen molar-refractivity contribution in [3.8, 4) is 5.88 Å². The minimum Gasteiger partial charge on any atom is -0.468 e. The lowest BCUT2D eigenvalue weighted by atomic mass is 9.94. The van der Waals surface area contributed by atoms with Crippen LogP contribution in [0.5, 0.6) is 5.88 Å². The van der Waals surface area contributed by atoms with Gasteiger partial charge in [0.2, 0.25) is 11.8 Å². The van der Waals surface area contributed by atoms with Crippen LogP contribution in [0.25, 0.3) is 0 Å². The highest BCUT2D eigenvalue weighted by Crippen LogP contribution is 2.22. The summed E-state index contributed by atoms with van der Waals surface area (Å²) in [5.74, 6) is 1.63. The van der Waals surface area contributed by atoms with Gasteiger partial charge in [0, 0.05) is 30.8 Å². The maximum absolute atomic E-state index is 12.4. The van der Waals surface area contributed by atoms with Crippen molar-refractivity contribution >= 4 is 5.96 Å². The Labute approximate surface area is 161 Å². The van der Waals surface area contributed by atoms with E-state index in [-0.39, 0.29) is 17.8 Å². The Balaban J connectivity index is 1.91. The zero-order valence-corrected chi connectivity index (χ0v) is 16.2. The summed E-state index contributed by atoms with van der Waals surface area (Å²) in [6, 6.07) is 3.25. The molecular weight excluding hydrogens is 375 g/mol. The van der Waals surface area contributed by atoms with Crippen LogP contribution in [-0.2, 0) is 18.5 Å². The van der Waals surface area contributed by atoms with E-state index in [0.717, 1.165) is 5.76 Å². The Morgan fingerprint density at radius 3 is 2.50 bits per heavy atom. The Morgan fingerprint density at radius 1 is 1.18 bits per heavy atom. The number of pyridine rings is 1. The van der Waals surface area contributed by atoms with Crippen LogP contribution in [0.1, 0.15) is 38.0 Å². The van der Waals surface area contributed by atoms with E-state index < -0.39 is 12.8 Å². The molecule has 7 nitrogen and oxygen atoms in total. The summed E-state index contributed by atoms with van der Waals surface area (Å²) in [6.45, 7) is 5.16. The van der Waals surface area contributed by atoms with Crippen molar-refractivity contribution in [3.63, 3.8) is 0 Å². The molecule has 0 aliphatic carbocycles. The predicted molar refractivity (Wildman–Crippen MR) is 98.0 cm³/mol. The Kier molecular flexibility index (Phi) is 6.87. The molecule has 0 aromatic carbocycles. The van der Waals surface area contributed by atoms with Gasteiger partial charge in [-0.05, 0) is 6.07 Å². The second kappa shape index (κ2) is 8.94. The first-order valence-electron chi connectivity index (χ1n) is 8.61. The van der Waals surface area contributed by atoms with E-state index in [1.165, 1.54) is 6.20 Å². The zero-order valence-electron chi connectivity index (χ0n) is 16.2. The molecule has 2 aromatic heterocycles. The summed E-state index contributed by atoms with van der Waals surface area (Å²) in [7, 11) is 1.58. The largest absolute Gasteiger partial charge is 0.468 e. The lowest BCUT2D eigenvalue weighted by molar-refractivity contribution is -0.154. The highest BCUT2D eigenvalue weighted by molar-refractivity contribution is 5.79. The number of aromatic nitrogens is 2. The van der Waals surface area contributed by atoms with Gasteiger partial charge in [0.25, 0.3) is 0 Å². The van der Waals surface area contributed by atoms with Crippen molar-refractivity contribution in [2.45, 2.75) is 45.5 Å². The fourth-order valence-corrected chi connectivity index (χ4v) is 2.14. The van der Waals surface area contributed by atoms with Gasteiger partial charge in [0.1, 0.15) is 5.76 Å². The Morgan fingerprint density at radius 2 is 1.89 bits per heavy atom. The molecule has 10 heteroatoms. The van der Waals surface area contributed by atoms with E-state index in [9.17, 15) is 13.2 Å². The van der Waals surface area contributed by atoms with Crippen molar-refractivity contribution < 1.29 is 22.3 Å². The lowest BCUT2D eigenvalue weighted by Gasteiger charge is -2.14. The van der Waals surface area contributed by atoms with Crippen LogP contribution in [-0.4, -0.2) is 35.8 Å². The lowest BCUT2D eigenvalue weighted by Crippen LogP contribution is -2.36. The van der Waals surface area contributed by atoms with Gasteiger partial charge in [-0.15, -0.1) is 0 Å². The molecule has 2 aromatic rings. The monoisotopic (exact) mass is 399 g/mol. The van der Waals surface area contributed by atoms with Crippen LogP contribution >= 0.6 is 0 Å². The number of halogens is 3. The van der Waals surface area contributed by atoms with Crippen LogP contribution in [0.15, 0.2) is 33.9 Å². The minimum atomic E-state index is -4.43. The first-order chi connectivity index (χ1) is 13.1. The van der Waals surface area contributed by atoms with Gasteiger partial charge in [0.05, 0.1) is 12.7 Å². The maximum Gasteiger partial charge on any atom is 0.422 e. The topological polar surface area (TPSA) is 84.6 Å². The smallest absolute Gasteiger partial charge is 0.422 e. The summed E-state index contributed by atoms with van der Waals surface area (Å²) >= 11 is 0. The zero-order chi connectivity index (χ0) is 20.8. The van der Waals surface area contributed by atoms with Gasteiger partial charge >= 0.3 is 6.18 Å². The third kappa shape index (κ3) is 6.75. The van der Waals surface area contributed by atoms with Crippen LogP contribution < -0.4 is 15.4 Å². The SMILES string of the molecule is CN=C(NCc1ncc(C(C)(C)C)o1)NCc1cccnc1OCC(F)(F)F. The van der Waals surface area contributed by atoms with Gasteiger partial charge in [-0.25, -0.2) is 9.97 Å². The van der Waals surface area contributed by atoms with E-state index in [0.29, 0.717) is 24.0 Å². The van der Waals surface area contributed by atoms with Gasteiger partial charge in [-0.1, -0.05) is 26.8 Å². The van der Waals surface area contributed by atoms with Crippen LogP contribution in [0.2, 0.25) is 0 Å². The number of hydrogen-bond donors (Lipinski definition) is 2. The molecule has 0 amide bonds. The third-order valence-electron chi connectivity index (χ3n) is 3.59. The second-order valence-corrected chi connectivity index (χ2v) is 7.02. The molecule has 2 rings (SSSR count). The molecule has 0 radical (unpaired) electrons. The average Bonchev–Trinajstić information content (AvgIpc) is 3.09. The number of alkyl halides is 3. The normalized spacial score (nSPS) is 12.8. The highest BCUT2D eigenvalue weighted by atomic mass is 19.4. The standard InChI is InChI=1S/C18H24F3N5O2/c1-17(2,3)13-9-24-14(28-13)10-26-16(22-4)25-8-12-6-5-7-23-15(12)27-11-18(19,20)21/h5-7,9H,8,10-11H2,1-4H3,(H2,22,25,26). The molecule has 2 heterocycles. The van der Waals surface area contributed by atoms with Crippen LogP contribution in [0, 0.1) is 0 Å². The molecule has 0 aliphatic rings. The maximum atomic E-state index is 12.4. The van der Waals surface area contributed by atoms with E-state index in [4.69, 9.17) is 9.15 Å². The average molecular weight is 399 g/mol. The van der Waals surface area contributed by atoms with E-state index in [1.54, 1.807) is 25.4 Å². The molecule has 0 bridgehead atoms. The van der Waals surface area contributed by atoms with Crippen molar-refractivity contribution in [1.82, 2.24) is 20.6 Å². The minimum absolute atomic E-state index is 0.0784. The number of aliphatic imine (C=N–C) groups is 1. The molecule has 0 saturated heterocycles. The van der Waals surface area contributed by atoms with Crippen molar-refractivity contribution in [3.05, 3.63) is 41.7 Å². The molecule has 0 aliphatic heterocycles. The summed E-state index contributed by atoms with van der Waals surface area (Å²) < 4.78 is 47.6. The third-order valence-corrected chi connectivity index (χ3v) is 3.59. The van der Waals surface area contributed by atoms with Crippen LogP contribution in [0.3, 0.4) is 0 Å². The number of rotatable bonds is 6. The summed E-state index contributed by atoms with van der Waals surface area (Å²) in [5.41, 5.74) is 0.332. The van der Waals surface area contributed by atoms with Crippen molar-refractivity contribution in [2.75, 3.05) is 13.7 Å². The molecule has 28 heavy (non-hydrogen) atoms. The van der Waals surface area contributed by atoms with Gasteiger partial charge in [-0.2, -0.15) is 13.2 Å². The molecular formula is C18H24F3N5O2. The molecule has 2 N–H and O–H groups in total. The van der Waals surface area contributed by atoms with E-state index in [2.05, 4.69) is 25.6 Å². The summed E-state index contributed by atoms with van der Waals surface area (Å²) in [4.78, 5) is 12.1. The Hall–Kier alpha value is -2.78. The first kappa shape index (κ1) is 21.5. The van der Waals surface area contributed by atoms with Crippen LogP contribution in [0.4, 0.5) is 13.2 Å². The van der Waals surface area contributed by atoms with Crippen molar-refractivity contribution in [2.24, 2.45) is 4.99 Å². The molecule has 0 fully saturated rings.